The van der Waals surface area contributed by atoms with Crippen molar-refractivity contribution in [3.05, 3.63) is 92.8 Å². The van der Waals surface area contributed by atoms with E-state index in [9.17, 15) is 14.4 Å². The van der Waals surface area contributed by atoms with E-state index in [0.29, 0.717) is 44.6 Å². The maximum Gasteiger partial charge on any atom is 0.271 e. The molecule has 1 aliphatic heterocycles. The quantitative estimate of drug-likeness (QED) is 0.269. The van der Waals surface area contributed by atoms with Gasteiger partial charge in [0.15, 0.2) is 0 Å². The van der Waals surface area contributed by atoms with E-state index < -0.39 is 17.7 Å². The van der Waals surface area contributed by atoms with Crippen LogP contribution >= 0.6 is 34.5 Å². The van der Waals surface area contributed by atoms with Gasteiger partial charge in [0, 0.05) is 20.8 Å². The third-order valence-electron chi connectivity index (χ3n) is 5.65. The maximum absolute atomic E-state index is 13.8. The predicted molar refractivity (Wildman–Crippen MR) is 138 cm³/mol. The molecule has 0 aliphatic carbocycles. The highest BCUT2D eigenvalue weighted by molar-refractivity contribution is 7.21. The van der Waals surface area contributed by atoms with E-state index in [1.54, 1.807) is 66.7 Å². The van der Waals surface area contributed by atoms with Crippen LogP contribution in [0.3, 0.4) is 0 Å². The summed E-state index contributed by atoms with van der Waals surface area (Å²) in [6.45, 7) is 2.10. The molecule has 0 saturated heterocycles. The van der Waals surface area contributed by atoms with Crippen LogP contribution in [0.1, 0.15) is 37.3 Å². The Labute approximate surface area is 215 Å². The Hall–Kier alpha value is -3.39. The molecular formula is C26H18Cl2N2O4S. The average molecular weight is 525 g/mol. The average Bonchev–Trinajstić information content (AvgIpc) is 3.31. The highest BCUT2D eigenvalue weighted by Crippen LogP contribution is 2.38. The van der Waals surface area contributed by atoms with Crippen molar-refractivity contribution in [2.75, 3.05) is 18.2 Å². The third kappa shape index (κ3) is 4.16. The summed E-state index contributed by atoms with van der Waals surface area (Å²) < 4.78 is 6.27. The molecular weight excluding hydrogens is 507 g/mol. The molecule has 0 fully saturated rings. The molecule has 5 rings (SSSR count). The van der Waals surface area contributed by atoms with Gasteiger partial charge >= 0.3 is 0 Å². The number of thiophene rings is 1. The number of ether oxygens (including phenoxy) is 1. The SMILES string of the molecule is CCOc1ccc(N(CN2C(=O)c3ccccc3C2=O)C(=O)c2sc3cc(Cl)ccc3c2Cl)cc1. The molecule has 2 heterocycles. The first-order valence-corrected chi connectivity index (χ1v) is 12.3. The van der Waals surface area contributed by atoms with Gasteiger partial charge in [-0.15, -0.1) is 11.3 Å². The Morgan fingerprint density at radius 1 is 0.971 bits per heavy atom. The summed E-state index contributed by atoms with van der Waals surface area (Å²) in [4.78, 5) is 42.6. The van der Waals surface area contributed by atoms with Gasteiger partial charge in [0.05, 0.1) is 22.8 Å². The lowest BCUT2D eigenvalue weighted by Gasteiger charge is -2.27. The van der Waals surface area contributed by atoms with Crippen LogP contribution < -0.4 is 9.64 Å². The van der Waals surface area contributed by atoms with Crippen molar-refractivity contribution in [3.63, 3.8) is 0 Å². The fraction of sp³-hybridized carbons (Fsp3) is 0.115. The summed E-state index contributed by atoms with van der Waals surface area (Å²) >= 11 is 13.9. The summed E-state index contributed by atoms with van der Waals surface area (Å²) in [5.74, 6) is -0.709. The predicted octanol–water partition coefficient (Wildman–Crippen LogP) is 6.51. The zero-order valence-electron chi connectivity index (χ0n) is 18.5. The van der Waals surface area contributed by atoms with Crippen LogP contribution in [0.15, 0.2) is 66.7 Å². The molecule has 0 atom stereocenters. The van der Waals surface area contributed by atoms with E-state index in [2.05, 4.69) is 0 Å². The van der Waals surface area contributed by atoms with Crippen LogP contribution in [0.25, 0.3) is 10.1 Å². The molecule has 1 aliphatic rings. The Bertz CT molecular complexity index is 1450. The Balaban J connectivity index is 1.55. The van der Waals surface area contributed by atoms with Gasteiger partial charge in [-0.05, 0) is 55.5 Å². The largest absolute Gasteiger partial charge is 0.494 e. The molecule has 6 nitrogen and oxygen atoms in total. The van der Waals surface area contributed by atoms with Crippen LogP contribution in [0, 0.1) is 0 Å². The van der Waals surface area contributed by atoms with Crippen molar-refractivity contribution in [2.45, 2.75) is 6.92 Å². The van der Waals surface area contributed by atoms with E-state index in [-0.39, 0.29) is 11.5 Å². The molecule has 35 heavy (non-hydrogen) atoms. The fourth-order valence-corrected chi connectivity index (χ4v) is 5.70. The Morgan fingerprint density at radius 2 is 1.63 bits per heavy atom. The minimum Gasteiger partial charge on any atom is -0.494 e. The van der Waals surface area contributed by atoms with E-state index in [1.165, 1.54) is 16.2 Å². The van der Waals surface area contributed by atoms with Crippen LogP contribution in [0.2, 0.25) is 10.0 Å². The molecule has 0 saturated carbocycles. The number of amides is 3. The molecule has 0 bridgehead atoms. The van der Waals surface area contributed by atoms with Gasteiger partial charge in [-0.1, -0.05) is 41.4 Å². The molecule has 0 spiro atoms. The van der Waals surface area contributed by atoms with Gasteiger partial charge in [0.25, 0.3) is 17.7 Å². The molecule has 1 aromatic heterocycles. The van der Waals surface area contributed by atoms with Crippen LogP contribution in [-0.4, -0.2) is 35.9 Å². The van der Waals surface area contributed by atoms with Crippen molar-refractivity contribution in [3.8, 4) is 5.75 Å². The maximum atomic E-state index is 13.8. The first-order valence-electron chi connectivity index (χ1n) is 10.8. The third-order valence-corrected chi connectivity index (χ3v) is 7.53. The van der Waals surface area contributed by atoms with E-state index in [4.69, 9.17) is 27.9 Å². The van der Waals surface area contributed by atoms with E-state index >= 15 is 0 Å². The smallest absolute Gasteiger partial charge is 0.271 e. The number of hydrogen-bond acceptors (Lipinski definition) is 5. The summed E-state index contributed by atoms with van der Waals surface area (Å²) in [5.41, 5.74) is 1.11. The van der Waals surface area contributed by atoms with Gasteiger partial charge in [-0.3, -0.25) is 24.2 Å². The molecule has 4 aromatic rings. The van der Waals surface area contributed by atoms with E-state index in [1.807, 2.05) is 6.92 Å². The lowest BCUT2D eigenvalue weighted by Crippen LogP contribution is -2.44. The molecule has 3 aromatic carbocycles. The number of fused-ring (bicyclic) bond motifs is 2. The van der Waals surface area contributed by atoms with Gasteiger partial charge in [0.2, 0.25) is 0 Å². The summed E-state index contributed by atoms with van der Waals surface area (Å²) in [6.07, 6.45) is 0. The topological polar surface area (TPSA) is 66.9 Å². The van der Waals surface area contributed by atoms with Crippen molar-refractivity contribution in [2.24, 2.45) is 0 Å². The molecule has 0 N–H and O–H groups in total. The van der Waals surface area contributed by atoms with Gasteiger partial charge in [-0.25, -0.2) is 0 Å². The zero-order chi connectivity index (χ0) is 24.7. The van der Waals surface area contributed by atoms with Gasteiger partial charge in [0.1, 0.15) is 17.3 Å². The second kappa shape index (κ2) is 9.34. The van der Waals surface area contributed by atoms with Crippen LogP contribution in [-0.2, 0) is 0 Å². The Kier molecular flexibility index (Phi) is 6.23. The first-order chi connectivity index (χ1) is 16.9. The highest BCUT2D eigenvalue weighted by Gasteiger charge is 2.38. The standard InChI is InChI=1S/C26H18Cl2N2O4S/c1-2-34-17-10-8-16(9-11-17)29(14-30-24(31)18-5-3-4-6-19(18)25(30)32)26(33)23-22(28)20-12-7-15(27)13-21(20)35-23/h3-13H,2,14H2,1H3. The molecule has 0 radical (unpaired) electrons. The number of carbonyl (C=O) groups excluding carboxylic acids is 3. The van der Waals surface area contributed by atoms with E-state index in [0.717, 1.165) is 9.60 Å². The van der Waals surface area contributed by atoms with Crippen LogP contribution in [0.5, 0.6) is 5.75 Å². The number of halogens is 2. The number of nitrogens with zero attached hydrogens (tertiary/aromatic N) is 2. The van der Waals surface area contributed by atoms with Crippen molar-refractivity contribution in [1.82, 2.24) is 4.90 Å². The second-order valence-corrected chi connectivity index (χ2v) is 9.64. The molecule has 3 amide bonds. The van der Waals surface area contributed by atoms with Crippen molar-refractivity contribution in [1.29, 1.82) is 0 Å². The summed E-state index contributed by atoms with van der Waals surface area (Å²) in [5, 5.41) is 1.53. The van der Waals surface area contributed by atoms with Gasteiger partial charge < -0.3 is 4.74 Å². The number of imide groups is 1. The minimum atomic E-state index is -0.455. The number of benzene rings is 3. The van der Waals surface area contributed by atoms with Crippen molar-refractivity contribution < 1.29 is 19.1 Å². The number of rotatable bonds is 6. The number of anilines is 1. The van der Waals surface area contributed by atoms with Crippen molar-refractivity contribution >= 4 is 68.0 Å². The lowest BCUT2D eigenvalue weighted by molar-refractivity contribution is 0.0650. The minimum absolute atomic E-state index is 0.273. The molecule has 9 heteroatoms. The number of hydrogen-bond donors (Lipinski definition) is 0. The second-order valence-electron chi connectivity index (χ2n) is 7.77. The molecule has 0 unspecified atom stereocenters. The normalized spacial score (nSPS) is 12.8. The molecule has 176 valence electrons. The van der Waals surface area contributed by atoms with Gasteiger partial charge in [-0.2, -0.15) is 0 Å². The number of carbonyl (C=O) groups is 3. The highest BCUT2D eigenvalue weighted by atomic mass is 35.5. The summed E-state index contributed by atoms with van der Waals surface area (Å²) in [7, 11) is 0. The first kappa shape index (κ1) is 23.4. The monoisotopic (exact) mass is 524 g/mol. The Morgan fingerprint density at radius 3 is 2.26 bits per heavy atom. The fourth-order valence-electron chi connectivity index (χ4n) is 3.96. The van der Waals surface area contributed by atoms with Crippen LogP contribution in [0.4, 0.5) is 5.69 Å². The lowest BCUT2D eigenvalue weighted by atomic mass is 10.1. The zero-order valence-corrected chi connectivity index (χ0v) is 20.8. The summed E-state index contributed by atoms with van der Waals surface area (Å²) in [6, 6.07) is 18.7.